The van der Waals surface area contributed by atoms with E-state index in [1.807, 2.05) is 0 Å². The zero-order valence-corrected chi connectivity index (χ0v) is 15.3. The number of nitrogens with one attached hydrogen (secondary N) is 1. The van der Waals surface area contributed by atoms with E-state index in [1.54, 1.807) is 7.11 Å². The minimum atomic E-state index is 0.420. The van der Waals surface area contributed by atoms with Crippen molar-refractivity contribution in [3.63, 3.8) is 0 Å². The van der Waals surface area contributed by atoms with Crippen molar-refractivity contribution in [1.29, 1.82) is 0 Å². The van der Waals surface area contributed by atoms with Crippen molar-refractivity contribution in [3.05, 3.63) is 0 Å². The Morgan fingerprint density at radius 2 is 2.09 bits per heavy atom. The van der Waals surface area contributed by atoms with Crippen molar-refractivity contribution in [1.82, 2.24) is 10.2 Å². The molecule has 134 valence electrons. The van der Waals surface area contributed by atoms with Crippen molar-refractivity contribution in [2.45, 2.75) is 46.0 Å². The summed E-state index contributed by atoms with van der Waals surface area (Å²) in [6.45, 7) is 10.8. The Labute approximate surface area is 141 Å². The van der Waals surface area contributed by atoms with Gasteiger partial charge in [0.2, 0.25) is 0 Å². The van der Waals surface area contributed by atoms with E-state index < -0.39 is 0 Å². The van der Waals surface area contributed by atoms with Crippen LogP contribution in [-0.2, 0) is 9.47 Å². The second-order valence-electron chi connectivity index (χ2n) is 7.36. The highest BCUT2D eigenvalue weighted by atomic mass is 16.5. The topological polar surface area (TPSA) is 46.1 Å². The molecular weight excluding hydrogens is 290 g/mol. The Morgan fingerprint density at radius 1 is 1.30 bits per heavy atom. The van der Waals surface area contributed by atoms with E-state index in [4.69, 9.17) is 14.5 Å². The highest BCUT2D eigenvalue weighted by Gasteiger charge is 2.30. The van der Waals surface area contributed by atoms with Gasteiger partial charge in [-0.1, -0.05) is 19.8 Å². The number of aliphatic imine (C=N–C) groups is 1. The van der Waals surface area contributed by atoms with Crippen molar-refractivity contribution >= 4 is 5.96 Å². The van der Waals surface area contributed by atoms with Gasteiger partial charge in [0.1, 0.15) is 0 Å². The predicted molar refractivity (Wildman–Crippen MR) is 94.9 cm³/mol. The van der Waals surface area contributed by atoms with Crippen molar-refractivity contribution < 1.29 is 9.47 Å². The third-order valence-corrected chi connectivity index (χ3v) is 5.13. The zero-order valence-electron chi connectivity index (χ0n) is 15.3. The van der Waals surface area contributed by atoms with Crippen LogP contribution in [-0.4, -0.2) is 64.0 Å². The molecule has 1 heterocycles. The van der Waals surface area contributed by atoms with E-state index in [1.165, 1.54) is 32.1 Å². The van der Waals surface area contributed by atoms with Gasteiger partial charge in [0.15, 0.2) is 5.96 Å². The number of rotatable bonds is 8. The van der Waals surface area contributed by atoms with Crippen LogP contribution in [0.3, 0.4) is 0 Å². The van der Waals surface area contributed by atoms with Crippen LogP contribution in [0.4, 0.5) is 0 Å². The molecule has 1 unspecified atom stereocenters. The molecule has 2 fully saturated rings. The molecule has 1 saturated heterocycles. The van der Waals surface area contributed by atoms with Gasteiger partial charge in [-0.2, -0.15) is 0 Å². The summed E-state index contributed by atoms with van der Waals surface area (Å²) in [7, 11) is 1.71. The standard InChI is InChI=1S/C18H35N3O2/c1-4-19-17(20-15-18(2)8-5-6-9-18)21-10-7-16(13-21)14-23-12-11-22-3/h16H,4-15H2,1-3H3,(H,19,20). The van der Waals surface area contributed by atoms with Gasteiger partial charge in [0, 0.05) is 39.2 Å². The van der Waals surface area contributed by atoms with E-state index >= 15 is 0 Å². The summed E-state index contributed by atoms with van der Waals surface area (Å²) in [5, 5.41) is 3.48. The zero-order chi connectivity index (χ0) is 16.5. The molecule has 1 N–H and O–H groups in total. The van der Waals surface area contributed by atoms with Crippen LogP contribution in [0.25, 0.3) is 0 Å². The molecule has 0 amide bonds. The summed E-state index contributed by atoms with van der Waals surface area (Å²) in [5.74, 6) is 1.71. The van der Waals surface area contributed by atoms with Crippen molar-refractivity contribution in [3.8, 4) is 0 Å². The molecule has 0 radical (unpaired) electrons. The first kappa shape index (κ1) is 18.5. The van der Waals surface area contributed by atoms with Gasteiger partial charge in [-0.25, -0.2) is 0 Å². The molecule has 23 heavy (non-hydrogen) atoms. The first-order valence-electron chi connectivity index (χ1n) is 9.27. The maximum absolute atomic E-state index is 5.69. The highest BCUT2D eigenvalue weighted by molar-refractivity contribution is 5.80. The molecule has 2 aliphatic rings. The Morgan fingerprint density at radius 3 is 2.78 bits per heavy atom. The summed E-state index contributed by atoms with van der Waals surface area (Å²) in [6.07, 6.45) is 6.58. The summed E-state index contributed by atoms with van der Waals surface area (Å²) in [4.78, 5) is 7.37. The molecule has 0 aromatic heterocycles. The smallest absolute Gasteiger partial charge is 0.193 e. The van der Waals surface area contributed by atoms with Gasteiger partial charge >= 0.3 is 0 Å². The quantitative estimate of drug-likeness (QED) is 0.423. The van der Waals surface area contributed by atoms with E-state index in [2.05, 4.69) is 24.1 Å². The number of likely N-dealkylation sites (tertiary alicyclic amines) is 1. The van der Waals surface area contributed by atoms with Crippen molar-refractivity contribution in [2.24, 2.45) is 16.3 Å². The monoisotopic (exact) mass is 325 g/mol. The van der Waals surface area contributed by atoms with Gasteiger partial charge in [-0.3, -0.25) is 4.99 Å². The van der Waals surface area contributed by atoms with Gasteiger partial charge in [-0.15, -0.1) is 0 Å². The Hall–Kier alpha value is -0.810. The second-order valence-corrected chi connectivity index (χ2v) is 7.36. The van der Waals surface area contributed by atoms with E-state index in [9.17, 15) is 0 Å². The molecule has 0 aromatic rings. The molecule has 1 atom stereocenters. The largest absolute Gasteiger partial charge is 0.382 e. The molecule has 0 spiro atoms. The van der Waals surface area contributed by atoms with Gasteiger partial charge in [-0.05, 0) is 31.6 Å². The maximum Gasteiger partial charge on any atom is 0.193 e. The number of methoxy groups -OCH3 is 1. The first-order chi connectivity index (χ1) is 11.2. The summed E-state index contributed by atoms with van der Waals surface area (Å²) in [5.41, 5.74) is 0.420. The van der Waals surface area contributed by atoms with Crippen molar-refractivity contribution in [2.75, 3.05) is 53.1 Å². The molecule has 2 rings (SSSR count). The summed E-state index contributed by atoms with van der Waals surface area (Å²) >= 11 is 0. The molecule has 5 nitrogen and oxygen atoms in total. The van der Waals surface area contributed by atoms with Crippen LogP contribution in [0.1, 0.15) is 46.0 Å². The molecule has 1 aliphatic carbocycles. The molecule has 0 aromatic carbocycles. The normalized spacial score (nSPS) is 24.4. The number of nitrogens with zero attached hydrogens (tertiary/aromatic N) is 2. The van der Waals surface area contributed by atoms with Crippen LogP contribution in [0.5, 0.6) is 0 Å². The Bertz CT molecular complexity index is 367. The van der Waals surface area contributed by atoms with Crippen LogP contribution in [0.15, 0.2) is 4.99 Å². The average Bonchev–Trinajstić information content (AvgIpc) is 3.18. The molecule has 0 bridgehead atoms. The fourth-order valence-electron chi connectivity index (χ4n) is 3.63. The lowest BCUT2D eigenvalue weighted by atomic mass is 9.89. The summed E-state index contributed by atoms with van der Waals surface area (Å²) < 4.78 is 10.7. The van der Waals surface area contributed by atoms with Crippen LogP contribution in [0.2, 0.25) is 0 Å². The molecular formula is C18H35N3O2. The summed E-state index contributed by atoms with van der Waals surface area (Å²) in [6, 6.07) is 0. The predicted octanol–water partition coefficient (Wildman–Crippen LogP) is 2.52. The van der Waals surface area contributed by atoms with Crippen LogP contribution < -0.4 is 5.32 Å². The fraction of sp³-hybridized carbons (Fsp3) is 0.944. The van der Waals surface area contributed by atoms with E-state index in [0.717, 1.165) is 38.7 Å². The van der Waals surface area contributed by atoms with E-state index in [-0.39, 0.29) is 0 Å². The lowest BCUT2D eigenvalue weighted by Crippen LogP contribution is -2.41. The maximum atomic E-state index is 5.69. The SMILES string of the molecule is CCNC(=NCC1(C)CCCC1)N1CCC(COCCOC)C1. The highest BCUT2D eigenvalue weighted by Crippen LogP contribution is 2.37. The number of ether oxygens (including phenoxy) is 2. The fourth-order valence-corrected chi connectivity index (χ4v) is 3.63. The average molecular weight is 325 g/mol. The van der Waals surface area contributed by atoms with Gasteiger partial charge < -0.3 is 19.7 Å². The molecule has 1 aliphatic heterocycles. The minimum Gasteiger partial charge on any atom is -0.382 e. The molecule has 1 saturated carbocycles. The van der Waals surface area contributed by atoms with E-state index in [0.29, 0.717) is 24.5 Å². The Kier molecular flexibility index (Phi) is 7.63. The number of hydrogen-bond donors (Lipinski definition) is 1. The minimum absolute atomic E-state index is 0.420. The van der Waals surface area contributed by atoms with Gasteiger partial charge in [0.05, 0.1) is 19.8 Å². The number of hydrogen-bond acceptors (Lipinski definition) is 3. The third kappa shape index (κ3) is 5.96. The molecule has 5 heteroatoms. The first-order valence-corrected chi connectivity index (χ1v) is 9.27. The Balaban J connectivity index is 1.81. The van der Waals surface area contributed by atoms with Crippen LogP contribution >= 0.6 is 0 Å². The van der Waals surface area contributed by atoms with Crippen LogP contribution in [0, 0.1) is 11.3 Å². The number of guanidine groups is 1. The van der Waals surface area contributed by atoms with Gasteiger partial charge in [0.25, 0.3) is 0 Å². The third-order valence-electron chi connectivity index (χ3n) is 5.13. The second kappa shape index (κ2) is 9.48. The lowest BCUT2D eigenvalue weighted by molar-refractivity contribution is 0.0536. The lowest BCUT2D eigenvalue weighted by Gasteiger charge is -2.25.